The number of thiophene rings is 1. The fourth-order valence-electron chi connectivity index (χ4n) is 3.80. The number of pyridine rings is 1. The van der Waals surface area contributed by atoms with Crippen molar-refractivity contribution in [2.75, 3.05) is 18.0 Å². The average Bonchev–Trinajstić information content (AvgIpc) is 3.29. The quantitative estimate of drug-likeness (QED) is 0.258. The van der Waals surface area contributed by atoms with Gasteiger partial charge < -0.3 is 4.90 Å². The molecule has 30 heavy (non-hydrogen) atoms. The van der Waals surface area contributed by atoms with Gasteiger partial charge in [0.2, 0.25) is 0 Å². The van der Waals surface area contributed by atoms with Gasteiger partial charge in [0, 0.05) is 29.9 Å². The molecule has 0 aliphatic carbocycles. The van der Waals surface area contributed by atoms with E-state index in [-0.39, 0.29) is 0 Å². The number of unbranched alkanes of at least 4 members (excludes halogenated alkanes) is 6. The number of benzene rings is 1. The number of hydrogen-bond acceptors (Lipinski definition) is 3. The zero-order chi connectivity index (χ0) is 21.0. The molecule has 3 aromatic rings. The van der Waals surface area contributed by atoms with Crippen LogP contribution in [0.2, 0.25) is 0 Å². The van der Waals surface area contributed by atoms with Crippen LogP contribution in [-0.4, -0.2) is 18.1 Å². The van der Waals surface area contributed by atoms with Gasteiger partial charge in [-0.15, -0.1) is 11.3 Å². The first-order valence-corrected chi connectivity index (χ1v) is 12.5. The van der Waals surface area contributed by atoms with Crippen LogP contribution in [0.4, 0.5) is 5.69 Å². The van der Waals surface area contributed by atoms with E-state index < -0.39 is 0 Å². The summed E-state index contributed by atoms with van der Waals surface area (Å²) in [5.41, 5.74) is 3.71. The van der Waals surface area contributed by atoms with Crippen LogP contribution in [0.15, 0.2) is 60.8 Å². The second kappa shape index (κ2) is 12.5. The summed E-state index contributed by atoms with van der Waals surface area (Å²) in [7, 11) is 0. The van der Waals surface area contributed by atoms with Crippen molar-refractivity contribution in [3.8, 4) is 21.0 Å². The normalized spacial score (nSPS) is 11.0. The maximum absolute atomic E-state index is 4.48. The molecule has 0 saturated carbocycles. The lowest BCUT2D eigenvalue weighted by molar-refractivity contribution is 0.609. The highest BCUT2D eigenvalue weighted by Crippen LogP contribution is 2.34. The molecule has 0 aliphatic rings. The lowest BCUT2D eigenvalue weighted by atomic mass is 10.1. The summed E-state index contributed by atoms with van der Waals surface area (Å²) in [6.45, 7) is 6.92. The zero-order valence-corrected chi connectivity index (χ0v) is 19.5. The highest BCUT2D eigenvalue weighted by atomic mass is 32.1. The molecule has 0 saturated heterocycles. The van der Waals surface area contributed by atoms with E-state index in [2.05, 4.69) is 66.2 Å². The predicted molar refractivity (Wildman–Crippen MR) is 133 cm³/mol. The van der Waals surface area contributed by atoms with Crippen LogP contribution < -0.4 is 4.90 Å². The molecule has 0 atom stereocenters. The van der Waals surface area contributed by atoms with Crippen LogP contribution in [0.5, 0.6) is 0 Å². The highest BCUT2D eigenvalue weighted by molar-refractivity contribution is 7.18. The molecular formula is C27H36N2S. The van der Waals surface area contributed by atoms with Gasteiger partial charge in [-0.25, -0.2) is 0 Å². The summed E-state index contributed by atoms with van der Waals surface area (Å²) in [5, 5.41) is 0. The Morgan fingerprint density at radius 1 is 0.700 bits per heavy atom. The molecule has 2 nitrogen and oxygen atoms in total. The summed E-state index contributed by atoms with van der Waals surface area (Å²) < 4.78 is 0. The molecule has 0 spiro atoms. The predicted octanol–water partition coefficient (Wildman–Crippen LogP) is 8.44. The van der Waals surface area contributed by atoms with Gasteiger partial charge in [0.05, 0.1) is 10.6 Å². The second-order valence-corrected chi connectivity index (χ2v) is 9.12. The third kappa shape index (κ3) is 6.70. The monoisotopic (exact) mass is 420 g/mol. The first-order chi connectivity index (χ1) is 14.8. The Hall–Kier alpha value is -2.13. The van der Waals surface area contributed by atoms with Gasteiger partial charge in [-0.3, -0.25) is 4.98 Å². The number of nitrogens with zero attached hydrogens (tertiary/aromatic N) is 2. The lowest BCUT2D eigenvalue weighted by Gasteiger charge is -2.25. The van der Waals surface area contributed by atoms with E-state index >= 15 is 0 Å². The van der Waals surface area contributed by atoms with Gasteiger partial charge >= 0.3 is 0 Å². The number of anilines is 1. The zero-order valence-electron chi connectivity index (χ0n) is 18.6. The van der Waals surface area contributed by atoms with Crippen molar-refractivity contribution < 1.29 is 0 Å². The van der Waals surface area contributed by atoms with Crippen molar-refractivity contribution in [2.45, 2.75) is 65.2 Å². The Morgan fingerprint density at radius 2 is 1.37 bits per heavy atom. The van der Waals surface area contributed by atoms with E-state index in [0.717, 1.165) is 5.69 Å². The number of aromatic nitrogens is 1. The van der Waals surface area contributed by atoms with Gasteiger partial charge in [-0.05, 0) is 54.8 Å². The molecule has 0 aliphatic heterocycles. The molecule has 0 amide bonds. The minimum Gasteiger partial charge on any atom is -0.372 e. The molecule has 0 unspecified atom stereocenters. The van der Waals surface area contributed by atoms with E-state index in [1.807, 2.05) is 29.7 Å². The molecule has 2 heterocycles. The van der Waals surface area contributed by atoms with Gasteiger partial charge in [0.1, 0.15) is 0 Å². The Balaban J connectivity index is 1.66. The standard InChI is InChI=1S/C27H36N2S/c1-3-5-7-11-21-29(22-12-8-6-4-2)24-16-14-23(15-17-24)26-18-19-27(30-26)25-13-9-10-20-28-25/h9-10,13-20H,3-8,11-12,21-22H2,1-2H3. The molecule has 3 rings (SSSR count). The van der Waals surface area contributed by atoms with E-state index in [1.165, 1.54) is 85.5 Å². The van der Waals surface area contributed by atoms with Crippen LogP contribution in [0, 0.1) is 0 Å². The van der Waals surface area contributed by atoms with Crippen LogP contribution in [0.3, 0.4) is 0 Å². The van der Waals surface area contributed by atoms with Crippen molar-refractivity contribution in [1.82, 2.24) is 4.98 Å². The molecule has 3 heteroatoms. The minimum absolute atomic E-state index is 1.05. The fourth-order valence-corrected chi connectivity index (χ4v) is 4.79. The third-order valence-corrected chi connectivity index (χ3v) is 6.76. The molecule has 2 aromatic heterocycles. The summed E-state index contributed by atoms with van der Waals surface area (Å²) in [4.78, 5) is 9.61. The van der Waals surface area contributed by atoms with Gasteiger partial charge in [-0.1, -0.05) is 70.6 Å². The van der Waals surface area contributed by atoms with Crippen molar-refractivity contribution >= 4 is 17.0 Å². The maximum Gasteiger partial charge on any atom is 0.0801 e. The Kier molecular flexibility index (Phi) is 9.43. The van der Waals surface area contributed by atoms with Gasteiger partial charge in [0.15, 0.2) is 0 Å². The second-order valence-electron chi connectivity index (χ2n) is 8.03. The minimum atomic E-state index is 1.05. The largest absolute Gasteiger partial charge is 0.372 e. The summed E-state index contributed by atoms with van der Waals surface area (Å²) in [6.07, 6.45) is 12.4. The highest BCUT2D eigenvalue weighted by Gasteiger charge is 2.09. The molecule has 0 N–H and O–H groups in total. The summed E-state index contributed by atoms with van der Waals surface area (Å²) >= 11 is 1.82. The Labute approximate surface area is 187 Å². The van der Waals surface area contributed by atoms with Gasteiger partial charge in [0.25, 0.3) is 0 Å². The van der Waals surface area contributed by atoms with Crippen molar-refractivity contribution in [3.05, 3.63) is 60.8 Å². The van der Waals surface area contributed by atoms with E-state index in [1.54, 1.807) is 0 Å². The number of rotatable bonds is 13. The van der Waals surface area contributed by atoms with E-state index in [0.29, 0.717) is 0 Å². The smallest absolute Gasteiger partial charge is 0.0801 e. The molecule has 1 aromatic carbocycles. The van der Waals surface area contributed by atoms with E-state index in [9.17, 15) is 0 Å². The molecule has 160 valence electrons. The SMILES string of the molecule is CCCCCCN(CCCCCC)c1ccc(-c2ccc(-c3ccccn3)s2)cc1. The lowest BCUT2D eigenvalue weighted by Crippen LogP contribution is -2.25. The topological polar surface area (TPSA) is 16.1 Å². The first-order valence-electron chi connectivity index (χ1n) is 11.7. The van der Waals surface area contributed by atoms with Crippen molar-refractivity contribution in [1.29, 1.82) is 0 Å². The molecular weight excluding hydrogens is 384 g/mol. The van der Waals surface area contributed by atoms with Gasteiger partial charge in [-0.2, -0.15) is 0 Å². The third-order valence-electron chi connectivity index (χ3n) is 5.60. The average molecular weight is 421 g/mol. The van der Waals surface area contributed by atoms with Crippen molar-refractivity contribution in [3.63, 3.8) is 0 Å². The molecule has 0 fully saturated rings. The molecule has 0 bridgehead atoms. The van der Waals surface area contributed by atoms with Crippen LogP contribution in [-0.2, 0) is 0 Å². The maximum atomic E-state index is 4.48. The van der Waals surface area contributed by atoms with E-state index in [4.69, 9.17) is 0 Å². The van der Waals surface area contributed by atoms with Crippen LogP contribution >= 0.6 is 11.3 Å². The summed E-state index contributed by atoms with van der Waals surface area (Å²) in [6, 6.07) is 19.7. The first kappa shape index (κ1) is 22.6. The fraction of sp³-hybridized carbons (Fsp3) is 0.444. The van der Waals surface area contributed by atoms with Crippen LogP contribution in [0.25, 0.3) is 21.0 Å². The number of hydrogen-bond donors (Lipinski definition) is 0. The van der Waals surface area contributed by atoms with Crippen molar-refractivity contribution in [2.24, 2.45) is 0 Å². The van der Waals surface area contributed by atoms with Crippen LogP contribution in [0.1, 0.15) is 65.2 Å². The molecule has 0 radical (unpaired) electrons. The Morgan fingerprint density at radius 3 is 1.97 bits per heavy atom. The Bertz CT molecular complexity index is 827. The summed E-state index contributed by atoms with van der Waals surface area (Å²) in [5.74, 6) is 0.